The first-order valence-corrected chi connectivity index (χ1v) is 13.7. The molecule has 0 radical (unpaired) electrons. The van der Waals surface area contributed by atoms with Crippen molar-refractivity contribution in [3.8, 4) is 11.5 Å². The van der Waals surface area contributed by atoms with Crippen molar-refractivity contribution in [3.63, 3.8) is 0 Å². The van der Waals surface area contributed by atoms with Crippen molar-refractivity contribution < 1.29 is 19.4 Å². The summed E-state index contributed by atoms with van der Waals surface area (Å²) in [6.07, 6.45) is 5.87. The van der Waals surface area contributed by atoms with Gasteiger partial charge in [-0.15, -0.1) is 18.3 Å². The minimum Gasteiger partial charge on any atom is -0.504 e. The minimum absolute atomic E-state index is 0.0457. The number of carbonyl (C=O) groups is 1. The van der Waals surface area contributed by atoms with Gasteiger partial charge in [-0.3, -0.25) is 9.36 Å². The van der Waals surface area contributed by atoms with Crippen molar-refractivity contribution in [1.29, 1.82) is 0 Å². The third kappa shape index (κ3) is 5.14. The lowest BCUT2D eigenvalue weighted by Gasteiger charge is -2.24. The van der Waals surface area contributed by atoms with Crippen LogP contribution in [0.3, 0.4) is 0 Å². The van der Waals surface area contributed by atoms with Gasteiger partial charge in [-0.2, -0.15) is 0 Å². The number of esters is 1. The van der Waals surface area contributed by atoms with E-state index >= 15 is 0 Å². The number of phenolic OH excluding ortho intramolecular Hbond substituents is 1. The molecule has 0 saturated carbocycles. The number of fused-ring (bicyclic) bond motifs is 1. The molecule has 0 fully saturated rings. The van der Waals surface area contributed by atoms with E-state index in [1.165, 1.54) is 18.4 Å². The number of hydrogen-bond donors (Lipinski definition) is 1. The van der Waals surface area contributed by atoms with Gasteiger partial charge in [0.05, 0.1) is 35.6 Å². The highest BCUT2D eigenvalue weighted by atomic mass is 32.2. The fourth-order valence-electron chi connectivity index (χ4n) is 4.28. The molecule has 1 unspecified atom stereocenters. The van der Waals surface area contributed by atoms with E-state index in [4.69, 9.17) is 9.47 Å². The first-order valence-electron chi connectivity index (χ1n) is 11.7. The van der Waals surface area contributed by atoms with E-state index in [2.05, 4.69) is 11.6 Å². The summed E-state index contributed by atoms with van der Waals surface area (Å²) in [5, 5.41) is 10.4. The lowest BCUT2D eigenvalue weighted by molar-refractivity contribution is -0.139. The van der Waals surface area contributed by atoms with E-state index < -0.39 is 12.0 Å². The Morgan fingerprint density at radius 1 is 1.30 bits per heavy atom. The molecule has 0 spiro atoms. The maximum atomic E-state index is 13.8. The predicted octanol–water partition coefficient (Wildman–Crippen LogP) is 3.96. The predicted molar refractivity (Wildman–Crippen MR) is 147 cm³/mol. The van der Waals surface area contributed by atoms with Crippen LogP contribution in [0.2, 0.25) is 0 Å². The number of aromatic nitrogens is 1. The molecule has 0 saturated heterocycles. The summed E-state index contributed by atoms with van der Waals surface area (Å²) in [5.74, 6) is -0.135. The Balaban J connectivity index is 1.94. The zero-order chi connectivity index (χ0) is 26.7. The number of hydrogen-bond acceptors (Lipinski definition) is 8. The molecule has 3 aromatic rings. The smallest absolute Gasteiger partial charge is 0.338 e. The molecular formula is C28H28N2O5S2. The van der Waals surface area contributed by atoms with E-state index in [1.54, 1.807) is 54.5 Å². The Bertz CT molecular complexity index is 1570. The largest absolute Gasteiger partial charge is 0.504 e. The normalized spacial score (nSPS) is 15.2. The summed E-state index contributed by atoms with van der Waals surface area (Å²) in [6, 6.07) is 10.6. The molecule has 37 heavy (non-hydrogen) atoms. The highest BCUT2D eigenvalue weighted by Gasteiger charge is 2.33. The molecule has 9 heteroatoms. The standard InChI is InChI=1S/C28H28N2O5S2/c1-6-8-19-13-17(14-21(34-4)25(19)31)15-22-26(32)30-24(18-9-11-20(36-5)12-10-18)23(27(33)35-7-2)16(3)29-28(30)37-22/h6,9-15,24,31H,1,7-8H2,2-5H3/b22-15-. The summed E-state index contributed by atoms with van der Waals surface area (Å²) in [6.45, 7) is 7.47. The third-order valence-corrected chi connectivity index (χ3v) is 7.73. The quantitative estimate of drug-likeness (QED) is 0.266. The zero-order valence-corrected chi connectivity index (χ0v) is 22.7. The van der Waals surface area contributed by atoms with E-state index in [9.17, 15) is 14.7 Å². The number of thioether (sulfide) groups is 1. The number of nitrogens with zero attached hydrogens (tertiary/aromatic N) is 2. The Hall–Kier alpha value is -3.56. The van der Waals surface area contributed by atoms with Gasteiger partial charge in [0, 0.05) is 10.5 Å². The Morgan fingerprint density at radius 2 is 2.03 bits per heavy atom. The molecule has 0 amide bonds. The summed E-state index contributed by atoms with van der Waals surface area (Å²) in [4.78, 5) is 33.0. The Kier molecular flexibility index (Phi) is 8.04. The lowest BCUT2D eigenvalue weighted by Crippen LogP contribution is -2.39. The molecule has 1 aliphatic heterocycles. The summed E-state index contributed by atoms with van der Waals surface area (Å²) < 4.78 is 12.7. The minimum atomic E-state index is -0.668. The molecule has 1 atom stereocenters. The van der Waals surface area contributed by atoms with E-state index in [1.807, 2.05) is 30.5 Å². The number of phenols is 1. The summed E-state index contributed by atoms with van der Waals surface area (Å²) in [5.41, 5.74) is 2.72. The van der Waals surface area contributed by atoms with Crippen molar-refractivity contribution in [3.05, 3.63) is 96.7 Å². The number of rotatable bonds is 8. The van der Waals surface area contributed by atoms with Crippen LogP contribution in [0.4, 0.5) is 0 Å². The lowest BCUT2D eigenvalue weighted by atomic mass is 9.96. The number of methoxy groups -OCH3 is 1. The van der Waals surface area contributed by atoms with Gasteiger partial charge in [0.25, 0.3) is 5.56 Å². The van der Waals surface area contributed by atoms with Gasteiger partial charge in [-0.25, -0.2) is 9.79 Å². The van der Waals surface area contributed by atoms with Crippen LogP contribution in [0.1, 0.15) is 36.6 Å². The maximum absolute atomic E-state index is 13.8. The second kappa shape index (κ2) is 11.2. The topological polar surface area (TPSA) is 90.1 Å². The van der Waals surface area contributed by atoms with Crippen molar-refractivity contribution in [2.24, 2.45) is 4.99 Å². The molecule has 2 heterocycles. The van der Waals surface area contributed by atoms with Crippen molar-refractivity contribution in [2.45, 2.75) is 31.2 Å². The molecule has 4 rings (SSSR count). The van der Waals surface area contributed by atoms with Gasteiger partial charge in [0.15, 0.2) is 16.3 Å². The average molecular weight is 537 g/mol. The number of benzene rings is 2. The Morgan fingerprint density at radius 3 is 2.65 bits per heavy atom. The fourth-order valence-corrected chi connectivity index (χ4v) is 5.74. The molecule has 0 bridgehead atoms. The molecule has 0 aliphatic carbocycles. The van der Waals surface area contributed by atoms with Crippen molar-refractivity contribution >= 4 is 35.1 Å². The van der Waals surface area contributed by atoms with Crippen molar-refractivity contribution in [2.75, 3.05) is 20.0 Å². The van der Waals surface area contributed by atoms with Crippen LogP contribution in [-0.4, -0.2) is 35.6 Å². The number of thiazole rings is 1. The average Bonchev–Trinajstić information content (AvgIpc) is 3.19. The van der Waals surface area contributed by atoms with Gasteiger partial charge in [0.2, 0.25) is 0 Å². The first kappa shape index (κ1) is 26.5. The SMILES string of the molecule is C=CCc1cc(/C=c2\sc3n(c2=O)C(c2ccc(SC)cc2)C(C(=O)OCC)=C(C)N=3)cc(OC)c1O. The number of aromatic hydroxyl groups is 1. The molecule has 2 aromatic carbocycles. The molecule has 1 aliphatic rings. The molecule has 1 aromatic heterocycles. The van der Waals surface area contributed by atoms with Crippen LogP contribution in [0.15, 0.2) is 75.0 Å². The van der Waals surface area contributed by atoms with Crippen molar-refractivity contribution in [1.82, 2.24) is 4.57 Å². The summed E-state index contributed by atoms with van der Waals surface area (Å²) in [7, 11) is 1.48. The van der Waals surface area contributed by atoms with Crippen LogP contribution in [0.25, 0.3) is 6.08 Å². The van der Waals surface area contributed by atoms with Crippen LogP contribution in [0, 0.1) is 0 Å². The second-order valence-electron chi connectivity index (χ2n) is 8.30. The van der Waals surface area contributed by atoms with Crippen LogP contribution >= 0.6 is 23.1 Å². The maximum Gasteiger partial charge on any atom is 0.338 e. The monoisotopic (exact) mass is 536 g/mol. The summed E-state index contributed by atoms with van der Waals surface area (Å²) >= 11 is 2.86. The number of carbonyl (C=O) groups excluding carboxylic acids is 1. The van der Waals surface area contributed by atoms with Crippen LogP contribution in [-0.2, 0) is 16.0 Å². The zero-order valence-electron chi connectivity index (χ0n) is 21.1. The van der Waals surface area contributed by atoms with E-state index in [-0.39, 0.29) is 17.9 Å². The van der Waals surface area contributed by atoms with Crippen LogP contribution < -0.4 is 19.6 Å². The third-order valence-electron chi connectivity index (χ3n) is 6.01. The number of ether oxygens (including phenoxy) is 2. The van der Waals surface area contributed by atoms with Gasteiger partial charge < -0.3 is 14.6 Å². The van der Waals surface area contributed by atoms with Gasteiger partial charge in [0.1, 0.15) is 0 Å². The molecular weight excluding hydrogens is 508 g/mol. The first-order chi connectivity index (χ1) is 17.8. The second-order valence-corrected chi connectivity index (χ2v) is 10.2. The molecule has 1 N–H and O–H groups in total. The Labute approximate surface area is 223 Å². The molecule has 7 nitrogen and oxygen atoms in total. The van der Waals surface area contributed by atoms with Gasteiger partial charge in [-0.05, 0) is 68.0 Å². The molecule has 192 valence electrons. The fraction of sp³-hybridized carbons (Fsp3) is 0.250. The van der Waals surface area contributed by atoms with Gasteiger partial charge in [-0.1, -0.05) is 29.5 Å². The van der Waals surface area contributed by atoms with E-state index in [0.29, 0.717) is 43.9 Å². The van der Waals surface area contributed by atoms with Gasteiger partial charge >= 0.3 is 5.97 Å². The highest BCUT2D eigenvalue weighted by molar-refractivity contribution is 7.98. The van der Waals surface area contributed by atoms with E-state index in [0.717, 1.165) is 10.5 Å². The van der Waals surface area contributed by atoms with Crippen LogP contribution in [0.5, 0.6) is 11.5 Å². The highest BCUT2D eigenvalue weighted by Crippen LogP contribution is 2.33. The number of allylic oxidation sites excluding steroid dienone is 2.